The third-order valence-corrected chi connectivity index (χ3v) is 6.68. The summed E-state index contributed by atoms with van der Waals surface area (Å²) in [6.07, 6.45) is 0. The Morgan fingerprint density at radius 1 is 0.359 bits per heavy atom. The zero-order chi connectivity index (χ0) is 26.0. The third kappa shape index (κ3) is 4.36. The Morgan fingerprint density at radius 2 is 0.795 bits per heavy atom. The van der Waals surface area contributed by atoms with Gasteiger partial charge in [-0.3, -0.25) is 4.57 Å². The molecule has 39 heavy (non-hydrogen) atoms. The highest BCUT2D eigenvalue weighted by Crippen LogP contribution is 2.30. The van der Waals surface area contributed by atoms with Gasteiger partial charge < -0.3 is 0 Å². The van der Waals surface area contributed by atoms with Gasteiger partial charge >= 0.3 is 0 Å². The fourth-order valence-electron chi connectivity index (χ4n) is 4.77. The van der Waals surface area contributed by atoms with Gasteiger partial charge in [0.25, 0.3) is 0 Å². The normalized spacial score (nSPS) is 11.1. The summed E-state index contributed by atoms with van der Waals surface area (Å²) in [5.74, 6) is 2.83. The van der Waals surface area contributed by atoms with Crippen LogP contribution in [0.2, 0.25) is 0 Å². The summed E-state index contributed by atoms with van der Waals surface area (Å²) < 4.78 is 2.20. The van der Waals surface area contributed by atoms with Crippen LogP contribution in [0, 0.1) is 0 Å². The van der Waals surface area contributed by atoms with E-state index < -0.39 is 0 Å². The van der Waals surface area contributed by atoms with Crippen LogP contribution in [0.25, 0.3) is 62.3 Å². The fourth-order valence-corrected chi connectivity index (χ4v) is 4.77. The molecule has 7 aromatic rings. The van der Waals surface area contributed by atoms with E-state index in [1.165, 1.54) is 0 Å². The standard InChI is InChI=1S/C34H23N5/c1-4-12-24(13-5-1)31-36-32(25-14-6-2-7-15-25)38-33(37-31)26-20-22-28(23-21-26)39-30-19-11-10-18-29(30)35-34(39)27-16-8-3-9-17-27/h1-23H. The zero-order valence-corrected chi connectivity index (χ0v) is 21.0. The summed E-state index contributed by atoms with van der Waals surface area (Å²) >= 11 is 0. The lowest BCUT2D eigenvalue weighted by molar-refractivity contribution is 1.07. The highest BCUT2D eigenvalue weighted by atomic mass is 15.1. The SMILES string of the molecule is c1ccc(-c2nc(-c3ccccc3)nc(-c3ccc(-n4c(-c5ccccc5)nc5ccccc54)cc3)n2)cc1. The van der Waals surface area contributed by atoms with Crippen LogP contribution in [-0.2, 0) is 0 Å². The van der Waals surface area contributed by atoms with E-state index in [1.54, 1.807) is 0 Å². The lowest BCUT2D eigenvalue weighted by Crippen LogP contribution is -2.01. The Bertz CT molecular complexity index is 1820. The molecule has 184 valence electrons. The molecule has 5 nitrogen and oxygen atoms in total. The van der Waals surface area contributed by atoms with Gasteiger partial charge in [-0.2, -0.15) is 0 Å². The van der Waals surface area contributed by atoms with E-state index in [0.29, 0.717) is 17.5 Å². The average Bonchev–Trinajstić information content (AvgIpc) is 3.42. The van der Waals surface area contributed by atoms with Gasteiger partial charge in [0, 0.05) is 27.9 Å². The van der Waals surface area contributed by atoms with Crippen LogP contribution < -0.4 is 0 Å². The second-order valence-corrected chi connectivity index (χ2v) is 9.21. The summed E-state index contributed by atoms with van der Waals surface area (Å²) in [6.45, 7) is 0. The van der Waals surface area contributed by atoms with Gasteiger partial charge in [-0.25, -0.2) is 19.9 Å². The van der Waals surface area contributed by atoms with Crippen molar-refractivity contribution >= 4 is 11.0 Å². The molecule has 0 N–H and O–H groups in total. The quantitative estimate of drug-likeness (QED) is 0.241. The molecule has 2 aromatic heterocycles. The first-order valence-electron chi connectivity index (χ1n) is 12.8. The first-order chi connectivity index (χ1) is 19.3. The minimum absolute atomic E-state index is 0.632. The van der Waals surface area contributed by atoms with Crippen LogP contribution in [0.3, 0.4) is 0 Å². The number of hydrogen-bond donors (Lipinski definition) is 0. The summed E-state index contributed by atoms with van der Waals surface area (Å²) in [7, 11) is 0. The van der Waals surface area contributed by atoms with Crippen molar-refractivity contribution in [2.24, 2.45) is 0 Å². The second kappa shape index (κ2) is 9.80. The molecule has 0 radical (unpaired) electrons. The molecule has 2 heterocycles. The maximum absolute atomic E-state index is 4.96. The predicted molar refractivity (Wildman–Crippen MR) is 156 cm³/mol. The molecule has 0 bridgehead atoms. The van der Waals surface area contributed by atoms with Gasteiger partial charge in [0.2, 0.25) is 0 Å². The summed E-state index contributed by atoms with van der Waals surface area (Å²) in [5.41, 5.74) is 6.92. The Balaban J connectivity index is 1.35. The molecule has 5 heteroatoms. The maximum Gasteiger partial charge on any atom is 0.164 e. The molecule has 0 aliphatic rings. The monoisotopic (exact) mass is 501 g/mol. The molecule has 0 spiro atoms. The highest BCUT2D eigenvalue weighted by molar-refractivity contribution is 5.83. The van der Waals surface area contributed by atoms with Gasteiger partial charge in [-0.15, -0.1) is 0 Å². The smallest absolute Gasteiger partial charge is 0.164 e. The number of fused-ring (bicyclic) bond motifs is 1. The number of para-hydroxylation sites is 2. The van der Waals surface area contributed by atoms with Crippen molar-refractivity contribution in [3.05, 3.63) is 140 Å². The predicted octanol–water partition coefficient (Wildman–Crippen LogP) is 7.88. The average molecular weight is 502 g/mol. The number of imidazole rings is 1. The van der Waals surface area contributed by atoms with Gasteiger partial charge in [0.05, 0.1) is 11.0 Å². The molecule has 0 unspecified atom stereocenters. The van der Waals surface area contributed by atoms with E-state index in [2.05, 4.69) is 47.0 Å². The maximum atomic E-state index is 4.96. The van der Waals surface area contributed by atoms with Crippen molar-refractivity contribution in [3.63, 3.8) is 0 Å². The van der Waals surface area contributed by atoms with Crippen molar-refractivity contribution in [1.29, 1.82) is 0 Å². The Labute approximate surface area is 226 Å². The zero-order valence-electron chi connectivity index (χ0n) is 21.0. The number of hydrogen-bond acceptors (Lipinski definition) is 4. The van der Waals surface area contributed by atoms with Crippen LogP contribution in [-0.4, -0.2) is 24.5 Å². The van der Waals surface area contributed by atoms with Crippen LogP contribution in [0.15, 0.2) is 140 Å². The highest BCUT2D eigenvalue weighted by Gasteiger charge is 2.15. The lowest BCUT2D eigenvalue weighted by Gasteiger charge is -2.11. The fraction of sp³-hybridized carbons (Fsp3) is 0. The van der Waals surface area contributed by atoms with Crippen LogP contribution in [0.1, 0.15) is 0 Å². The minimum atomic E-state index is 0.632. The minimum Gasteiger partial charge on any atom is -0.292 e. The summed E-state index contributed by atoms with van der Waals surface area (Å²) in [4.78, 5) is 19.5. The molecule has 7 rings (SSSR count). The number of aromatic nitrogens is 5. The van der Waals surface area contributed by atoms with Gasteiger partial charge in [0.15, 0.2) is 17.5 Å². The van der Waals surface area contributed by atoms with E-state index in [1.807, 2.05) is 97.1 Å². The number of benzene rings is 5. The molecule has 0 amide bonds. The number of nitrogens with zero attached hydrogens (tertiary/aromatic N) is 5. The molecular weight excluding hydrogens is 478 g/mol. The summed E-state index contributed by atoms with van der Waals surface area (Å²) in [5, 5.41) is 0. The van der Waals surface area contributed by atoms with Crippen molar-refractivity contribution in [1.82, 2.24) is 24.5 Å². The summed E-state index contributed by atoms with van der Waals surface area (Å²) in [6, 6.07) is 46.9. The first-order valence-corrected chi connectivity index (χ1v) is 12.8. The van der Waals surface area contributed by atoms with Gasteiger partial charge in [0.1, 0.15) is 5.82 Å². The van der Waals surface area contributed by atoms with Crippen LogP contribution in [0.4, 0.5) is 0 Å². The van der Waals surface area contributed by atoms with Crippen molar-refractivity contribution in [2.45, 2.75) is 0 Å². The molecule has 0 saturated heterocycles. The van der Waals surface area contributed by atoms with Crippen LogP contribution >= 0.6 is 0 Å². The number of rotatable bonds is 5. The molecule has 0 atom stereocenters. The molecule has 5 aromatic carbocycles. The van der Waals surface area contributed by atoms with Crippen molar-refractivity contribution in [2.75, 3.05) is 0 Å². The van der Waals surface area contributed by atoms with Gasteiger partial charge in [-0.1, -0.05) is 103 Å². The molecule has 0 aliphatic heterocycles. The Kier molecular flexibility index (Phi) is 5.72. The van der Waals surface area contributed by atoms with E-state index in [0.717, 1.165) is 44.8 Å². The largest absolute Gasteiger partial charge is 0.292 e. The van der Waals surface area contributed by atoms with E-state index in [4.69, 9.17) is 19.9 Å². The lowest BCUT2D eigenvalue weighted by atomic mass is 10.1. The van der Waals surface area contributed by atoms with E-state index in [9.17, 15) is 0 Å². The Morgan fingerprint density at radius 3 is 1.33 bits per heavy atom. The molecule has 0 fully saturated rings. The molecular formula is C34H23N5. The third-order valence-electron chi connectivity index (χ3n) is 6.68. The van der Waals surface area contributed by atoms with Crippen LogP contribution in [0.5, 0.6) is 0 Å². The van der Waals surface area contributed by atoms with Crippen molar-refractivity contribution < 1.29 is 0 Å². The first kappa shape index (κ1) is 22.8. The molecule has 0 saturated carbocycles. The van der Waals surface area contributed by atoms with Gasteiger partial charge in [-0.05, 0) is 36.4 Å². The second-order valence-electron chi connectivity index (χ2n) is 9.21. The molecule has 0 aliphatic carbocycles. The Hall–Kier alpha value is -5.42. The van der Waals surface area contributed by atoms with E-state index >= 15 is 0 Å². The van der Waals surface area contributed by atoms with Crippen molar-refractivity contribution in [3.8, 4) is 51.2 Å². The van der Waals surface area contributed by atoms with E-state index in [-0.39, 0.29) is 0 Å². The topological polar surface area (TPSA) is 56.5 Å².